The molecular formula is C21H31FN2O3. The summed E-state index contributed by atoms with van der Waals surface area (Å²) in [4.78, 5) is 25.8. The third-order valence-corrected chi connectivity index (χ3v) is 4.68. The first-order chi connectivity index (χ1) is 12.8. The molecule has 150 valence electrons. The van der Waals surface area contributed by atoms with Crippen molar-refractivity contribution in [2.45, 2.75) is 52.1 Å². The SMILES string of the molecule is CC(C)(C)OC(=O)N1CCC(CCc2cccc(C(=O)NCCF)c2)CC1. The summed E-state index contributed by atoms with van der Waals surface area (Å²) in [6, 6.07) is 7.51. The maximum atomic E-state index is 12.2. The fraction of sp³-hybridized carbons (Fsp3) is 0.619. The summed E-state index contributed by atoms with van der Waals surface area (Å²) in [5.41, 5.74) is 1.22. The molecule has 0 spiro atoms. The van der Waals surface area contributed by atoms with E-state index in [0.29, 0.717) is 11.5 Å². The van der Waals surface area contributed by atoms with E-state index in [1.807, 2.05) is 39.0 Å². The zero-order chi connectivity index (χ0) is 19.9. The average Bonchev–Trinajstić information content (AvgIpc) is 2.63. The van der Waals surface area contributed by atoms with Crippen LogP contribution in [0.25, 0.3) is 0 Å². The van der Waals surface area contributed by atoms with Crippen LogP contribution in [0, 0.1) is 5.92 Å². The predicted molar refractivity (Wildman–Crippen MR) is 104 cm³/mol. The second kappa shape index (κ2) is 9.72. The van der Waals surface area contributed by atoms with Gasteiger partial charge >= 0.3 is 6.09 Å². The summed E-state index contributed by atoms with van der Waals surface area (Å²) in [6.45, 7) is 6.57. The summed E-state index contributed by atoms with van der Waals surface area (Å²) in [7, 11) is 0. The van der Waals surface area contributed by atoms with Gasteiger partial charge in [0.2, 0.25) is 0 Å². The Morgan fingerprint density at radius 3 is 2.59 bits per heavy atom. The van der Waals surface area contributed by atoms with Crippen molar-refractivity contribution in [3.8, 4) is 0 Å². The maximum Gasteiger partial charge on any atom is 0.410 e. The zero-order valence-electron chi connectivity index (χ0n) is 16.6. The first-order valence-corrected chi connectivity index (χ1v) is 9.69. The quantitative estimate of drug-likeness (QED) is 0.815. The molecule has 1 aromatic rings. The van der Waals surface area contributed by atoms with Crippen molar-refractivity contribution in [1.29, 1.82) is 0 Å². The minimum atomic E-state index is -0.562. The molecule has 1 fully saturated rings. The number of alkyl halides is 1. The molecule has 2 amide bonds. The number of ether oxygens (including phenoxy) is 1. The van der Waals surface area contributed by atoms with Gasteiger partial charge in [0.15, 0.2) is 0 Å². The molecule has 1 heterocycles. The number of halogens is 1. The zero-order valence-corrected chi connectivity index (χ0v) is 16.6. The molecule has 0 atom stereocenters. The van der Waals surface area contributed by atoms with Crippen LogP contribution in [-0.4, -0.2) is 48.8 Å². The van der Waals surface area contributed by atoms with Crippen LogP contribution in [-0.2, 0) is 11.2 Å². The summed E-state index contributed by atoms with van der Waals surface area (Å²) in [6.07, 6.45) is 3.62. The van der Waals surface area contributed by atoms with Crippen LogP contribution in [0.5, 0.6) is 0 Å². The number of hydrogen-bond acceptors (Lipinski definition) is 3. The molecule has 6 heteroatoms. The average molecular weight is 378 g/mol. The van der Waals surface area contributed by atoms with Gasteiger partial charge in [0.05, 0.1) is 0 Å². The van der Waals surface area contributed by atoms with E-state index in [1.54, 1.807) is 11.0 Å². The van der Waals surface area contributed by atoms with Crippen molar-refractivity contribution in [1.82, 2.24) is 10.2 Å². The molecule has 27 heavy (non-hydrogen) atoms. The normalized spacial score (nSPS) is 15.5. The Hall–Kier alpha value is -2.11. The van der Waals surface area contributed by atoms with Crippen LogP contribution < -0.4 is 5.32 Å². The Morgan fingerprint density at radius 1 is 1.26 bits per heavy atom. The van der Waals surface area contributed by atoms with E-state index in [0.717, 1.165) is 44.3 Å². The molecule has 1 aromatic carbocycles. The third-order valence-electron chi connectivity index (χ3n) is 4.68. The van der Waals surface area contributed by atoms with E-state index >= 15 is 0 Å². The van der Waals surface area contributed by atoms with Crippen LogP contribution in [0.15, 0.2) is 24.3 Å². The van der Waals surface area contributed by atoms with Gasteiger partial charge in [-0.05, 0) is 70.1 Å². The molecule has 0 aliphatic carbocycles. The number of rotatable bonds is 6. The van der Waals surface area contributed by atoms with Gasteiger partial charge in [0.25, 0.3) is 5.91 Å². The van der Waals surface area contributed by atoms with Gasteiger partial charge in [-0.1, -0.05) is 12.1 Å². The second-order valence-corrected chi connectivity index (χ2v) is 8.09. The van der Waals surface area contributed by atoms with Crippen LogP contribution in [0.4, 0.5) is 9.18 Å². The Labute approximate surface area is 161 Å². The maximum absolute atomic E-state index is 12.2. The first kappa shape index (κ1) is 21.2. The minimum Gasteiger partial charge on any atom is -0.444 e. The highest BCUT2D eigenvalue weighted by Gasteiger charge is 2.26. The largest absolute Gasteiger partial charge is 0.444 e. The van der Waals surface area contributed by atoms with E-state index in [-0.39, 0.29) is 18.5 Å². The van der Waals surface area contributed by atoms with Gasteiger partial charge in [-0.2, -0.15) is 0 Å². The lowest BCUT2D eigenvalue weighted by atomic mass is 9.90. The van der Waals surface area contributed by atoms with Crippen molar-refractivity contribution < 1.29 is 18.7 Å². The van der Waals surface area contributed by atoms with Crippen molar-refractivity contribution in [3.63, 3.8) is 0 Å². The molecular weight excluding hydrogens is 347 g/mol. The summed E-state index contributed by atoms with van der Waals surface area (Å²) < 4.78 is 17.6. The lowest BCUT2D eigenvalue weighted by molar-refractivity contribution is 0.0181. The highest BCUT2D eigenvalue weighted by atomic mass is 19.1. The fourth-order valence-electron chi connectivity index (χ4n) is 3.23. The van der Waals surface area contributed by atoms with Crippen LogP contribution in [0.2, 0.25) is 0 Å². The number of hydrogen-bond donors (Lipinski definition) is 1. The standard InChI is InChI=1S/C21H31FN2O3/c1-21(2,3)27-20(26)24-13-9-16(10-14-24)7-8-17-5-4-6-18(15-17)19(25)23-12-11-22/h4-6,15-16H,7-14H2,1-3H3,(H,23,25). The second-order valence-electron chi connectivity index (χ2n) is 8.09. The van der Waals surface area contributed by atoms with Crippen LogP contribution in [0.1, 0.15) is 56.0 Å². The number of aryl methyl sites for hydroxylation is 1. The summed E-state index contributed by atoms with van der Waals surface area (Å²) in [5.74, 6) is 0.327. The predicted octanol–water partition coefficient (Wildman–Crippen LogP) is 3.97. The van der Waals surface area contributed by atoms with Gasteiger partial charge in [-0.15, -0.1) is 0 Å². The Balaban J connectivity index is 1.78. The van der Waals surface area contributed by atoms with E-state index in [4.69, 9.17) is 4.74 Å². The molecule has 0 radical (unpaired) electrons. The number of piperidine rings is 1. The van der Waals surface area contributed by atoms with Crippen molar-refractivity contribution in [2.24, 2.45) is 5.92 Å². The van der Waals surface area contributed by atoms with Gasteiger partial charge < -0.3 is 15.0 Å². The van der Waals surface area contributed by atoms with E-state index in [2.05, 4.69) is 5.32 Å². The van der Waals surface area contributed by atoms with Crippen molar-refractivity contribution in [2.75, 3.05) is 26.3 Å². The van der Waals surface area contributed by atoms with Gasteiger partial charge in [0.1, 0.15) is 12.3 Å². The lowest BCUT2D eigenvalue weighted by Crippen LogP contribution is -2.41. The van der Waals surface area contributed by atoms with Gasteiger partial charge in [-0.25, -0.2) is 9.18 Å². The van der Waals surface area contributed by atoms with Crippen LogP contribution in [0.3, 0.4) is 0 Å². The first-order valence-electron chi connectivity index (χ1n) is 9.69. The molecule has 2 rings (SSSR count). The molecule has 1 N–H and O–H groups in total. The fourth-order valence-corrected chi connectivity index (χ4v) is 3.23. The Bertz CT molecular complexity index is 635. The third kappa shape index (κ3) is 7.19. The molecule has 0 bridgehead atoms. The summed E-state index contributed by atoms with van der Waals surface area (Å²) >= 11 is 0. The Morgan fingerprint density at radius 2 is 1.96 bits per heavy atom. The Kier molecular flexibility index (Phi) is 7.63. The number of benzene rings is 1. The van der Waals surface area contributed by atoms with Gasteiger partial charge in [-0.3, -0.25) is 4.79 Å². The molecule has 0 aromatic heterocycles. The van der Waals surface area contributed by atoms with Crippen molar-refractivity contribution in [3.05, 3.63) is 35.4 Å². The number of carbonyl (C=O) groups excluding carboxylic acids is 2. The van der Waals surface area contributed by atoms with Gasteiger partial charge in [0, 0.05) is 25.2 Å². The molecule has 0 saturated carbocycles. The van der Waals surface area contributed by atoms with E-state index < -0.39 is 12.3 Å². The van der Waals surface area contributed by atoms with Crippen molar-refractivity contribution >= 4 is 12.0 Å². The number of nitrogens with one attached hydrogen (secondary N) is 1. The minimum absolute atomic E-state index is 0.0410. The summed E-state index contributed by atoms with van der Waals surface area (Å²) in [5, 5.41) is 2.55. The topological polar surface area (TPSA) is 58.6 Å². The highest BCUT2D eigenvalue weighted by Crippen LogP contribution is 2.24. The molecule has 1 aliphatic rings. The molecule has 1 aliphatic heterocycles. The monoisotopic (exact) mass is 378 g/mol. The lowest BCUT2D eigenvalue weighted by Gasteiger charge is -2.33. The molecule has 5 nitrogen and oxygen atoms in total. The number of carbonyl (C=O) groups is 2. The number of amides is 2. The van der Waals surface area contributed by atoms with E-state index in [1.165, 1.54) is 0 Å². The van der Waals surface area contributed by atoms with Crippen LogP contribution >= 0.6 is 0 Å². The number of likely N-dealkylation sites (tertiary alicyclic amines) is 1. The molecule has 0 unspecified atom stereocenters. The van der Waals surface area contributed by atoms with E-state index in [9.17, 15) is 14.0 Å². The number of nitrogens with zero attached hydrogens (tertiary/aromatic N) is 1. The smallest absolute Gasteiger partial charge is 0.410 e. The highest BCUT2D eigenvalue weighted by molar-refractivity contribution is 5.94. The molecule has 1 saturated heterocycles.